The molecule has 66 valence electrons. The molecule has 1 rings (SSSR count). The number of nitrogens with two attached hydrogens (primary N) is 3. The number of para-hydroxylation sites is 1. The third-order valence-corrected chi connectivity index (χ3v) is 1.77. The molecule has 3 nitrogen and oxygen atoms in total. The van der Waals surface area contributed by atoms with Crippen LogP contribution in [0.5, 0.6) is 0 Å². The average Bonchev–Trinajstić information content (AvgIpc) is 1.98. The van der Waals surface area contributed by atoms with Gasteiger partial charge in [-0.05, 0) is 25.0 Å². The first-order chi connectivity index (χ1) is 5.61. The predicted octanol–water partition coefficient (Wildman–Crippen LogP) is 0.741. The lowest BCUT2D eigenvalue weighted by Gasteiger charge is -2.09. The fourth-order valence-corrected chi connectivity index (χ4v) is 1.16. The SMILES string of the molecule is C[C@@H](N)Cc1cccc(N)c1N. The molecule has 1 atom stereocenters. The first-order valence-electron chi connectivity index (χ1n) is 3.99. The summed E-state index contributed by atoms with van der Waals surface area (Å²) in [6.45, 7) is 1.95. The predicted molar refractivity (Wildman–Crippen MR) is 52.6 cm³/mol. The highest BCUT2D eigenvalue weighted by Gasteiger charge is 2.03. The van der Waals surface area contributed by atoms with E-state index in [0.29, 0.717) is 11.4 Å². The van der Waals surface area contributed by atoms with Crippen molar-refractivity contribution >= 4 is 11.4 Å². The van der Waals surface area contributed by atoms with Gasteiger partial charge in [0, 0.05) is 6.04 Å². The number of hydrogen-bond donors (Lipinski definition) is 3. The molecule has 1 aromatic carbocycles. The second-order valence-electron chi connectivity index (χ2n) is 3.10. The van der Waals surface area contributed by atoms with Gasteiger partial charge in [-0.25, -0.2) is 0 Å². The molecule has 0 aliphatic rings. The van der Waals surface area contributed by atoms with E-state index in [4.69, 9.17) is 17.2 Å². The number of rotatable bonds is 2. The number of hydrogen-bond acceptors (Lipinski definition) is 3. The second kappa shape index (κ2) is 3.45. The summed E-state index contributed by atoms with van der Waals surface area (Å²) < 4.78 is 0. The topological polar surface area (TPSA) is 78.1 Å². The van der Waals surface area contributed by atoms with Gasteiger partial charge in [-0.15, -0.1) is 0 Å². The van der Waals surface area contributed by atoms with Crippen molar-refractivity contribution in [3.63, 3.8) is 0 Å². The van der Waals surface area contributed by atoms with Gasteiger partial charge in [0.25, 0.3) is 0 Å². The van der Waals surface area contributed by atoms with Crippen molar-refractivity contribution in [3.05, 3.63) is 23.8 Å². The molecule has 0 fully saturated rings. The Hall–Kier alpha value is -1.22. The van der Waals surface area contributed by atoms with E-state index < -0.39 is 0 Å². The smallest absolute Gasteiger partial charge is 0.0580 e. The molecule has 0 amide bonds. The van der Waals surface area contributed by atoms with Crippen LogP contribution in [0.1, 0.15) is 12.5 Å². The Balaban J connectivity index is 2.92. The minimum absolute atomic E-state index is 0.120. The van der Waals surface area contributed by atoms with E-state index in [1.54, 1.807) is 6.07 Å². The summed E-state index contributed by atoms with van der Waals surface area (Å²) in [6.07, 6.45) is 0.775. The van der Waals surface area contributed by atoms with Gasteiger partial charge in [-0.2, -0.15) is 0 Å². The van der Waals surface area contributed by atoms with E-state index >= 15 is 0 Å². The van der Waals surface area contributed by atoms with E-state index in [2.05, 4.69) is 0 Å². The van der Waals surface area contributed by atoms with Crippen LogP contribution in [-0.2, 0) is 6.42 Å². The first-order valence-corrected chi connectivity index (χ1v) is 3.99. The van der Waals surface area contributed by atoms with Crippen molar-refractivity contribution in [2.24, 2.45) is 5.73 Å². The van der Waals surface area contributed by atoms with Crippen molar-refractivity contribution in [2.75, 3.05) is 11.5 Å². The van der Waals surface area contributed by atoms with Crippen LogP contribution in [0, 0.1) is 0 Å². The molecule has 0 bridgehead atoms. The summed E-state index contributed by atoms with van der Waals surface area (Å²) in [5, 5.41) is 0. The normalized spacial score (nSPS) is 12.8. The Labute approximate surface area is 72.5 Å². The minimum atomic E-state index is 0.120. The van der Waals surface area contributed by atoms with Crippen LogP contribution in [0.25, 0.3) is 0 Å². The van der Waals surface area contributed by atoms with Crippen LogP contribution in [0.3, 0.4) is 0 Å². The third kappa shape index (κ3) is 1.89. The van der Waals surface area contributed by atoms with E-state index in [1.807, 2.05) is 19.1 Å². The Kier molecular flexibility index (Phi) is 2.55. The van der Waals surface area contributed by atoms with Gasteiger partial charge in [0.2, 0.25) is 0 Å². The lowest BCUT2D eigenvalue weighted by molar-refractivity contribution is 0.739. The van der Waals surface area contributed by atoms with Gasteiger partial charge in [-0.1, -0.05) is 12.1 Å². The summed E-state index contributed by atoms with van der Waals surface area (Å²) in [5.41, 5.74) is 19.4. The van der Waals surface area contributed by atoms with E-state index in [-0.39, 0.29) is 6.04 Å². The Morgan fingerprint density at radius 2 is 2.00 bits per heavy atom. The fraction of sp³-hybridized carbons (Fsp3) is 0.333. The molecule has 6 N–H and O–H groups in total. The van der Waals surface area contributed by atoms with Crippen LogP contribution in [0.4, 0.5) is 11.4 Å². The highest BCUT2D eigenvalue weighted by atomic mass is 14.7. The van der Waals surface area contributed by atoms with Crippen molar-refractivity contribution in [1.29, 1.82) is 0 Å². The average molecular weight is 165 g/mol. The summed E-state index contributed by atoms with van der Waals surface area (Å²) in [5.74, 6) is 0. The molecule has 0 saturated heterocycles. The Morgan fingerprint density at radius 3 is 2.58 bits per heavy atom. The number of nitrogen functional groups attached to an aromatic ring is 2. The molecular formula is C9H15N3. The zero-order valence-electron chi connectivity index (χ0n) is 7.25. The van der Waals surface area contributed by atoms with Gasteiger partial charge < -0.3 is 17.2 Å². The summed E-state index contributed by atoms with van der Waals surface area (Å²) in [6, 6.07) is 5.76. The molecule has 3 heteroatoms. The molecule has 0 aromatic heterocycles. The largest absolute Gasteiger partial charge is 0.397 e. The monoisotopic (exact) mass is 165 g/mol. The van der Waals surface area contributed by atoms with Crippen molar-refractivity contribution in [3.8, 4) is 0 Å². The van der Waals surface area contributed by atoms with Crippen LogP contribution < -0.4 is 17.2 Å². The standard InChI is InChI=1S/C9H15N3/c1-6(10)5-7-3-2-4-8(11)9(7)12/h2-4,6H,5,10-12H2,1H3/t6-/m1/s1. The maximum atomic E-state index is 5.75. The van der Waals surface area contributed by atoms with Gasteiger partial charge in [0.05, 0.1) is 11.4 Å². The van der Waals surface area contributed by atoms with E-state index in [9.17, 15) is 0 Å². The van der Waals surface area contributed by atoms with E-state index in [1.165, 1.54) is 0 Å². The quantitative estimate of drug-likeness (QED) is 0.565. The highest BCUT2D eigenvalue weighted by Crippen LogP contribution is 2.20. The highest BCUT2D eigenvalue weighted by molar-refractivity contribution is 5.67. The number of benzene rings is 1. The van der Waals surface area contributed by atoms with Gasteiger partial charge in [-0.3, -0.25) is 0 Å². The summed E-state index contributed by atoms with van der Waals surface area (Å²) >= 11 is 0. The van der Waals surface area contributed by atoms with E-state index in [0.717, 1.165) is 12.0 Å². The van der Waals surface area contributed by atoms with Crippen molar-refractivity contribution in [1.82, 2.24) is 0 Å². The van der Waals surface area contributed by atoms with Crippen molar-refractivity contribution < 1.29 is 0 Å². The first kappa shape index (κ1) is 8.87. The molecule has 1 aromatic rings. The maximum Gasteiger partial charge on any atom is 0.0580 e. The summed E-state index contributed by atoms with van der Waals surface area (Å²) in [4.78, 5) is 0. The zero-order valence-corrected chi connectivity index (χ0v) is 7.25. The Morgan fingerprint density at radius 1 is 1.33 bits per heavy atom. The van der Waals surface area contributed by atoms with Gasteiger partial charge >= 0.3 is 0 Å². The lowest BCUT2D eigenvalue weighted by Crippen LogP contribution is -2.18. The van der Waals surface area contributed by atoms with Gasteiger partial charge in [0.15, 0.2) is 0 Å². The van der Waals surface area contributed by atoms with Crippen LogP contribution >= 0.6 is 0 Å². The molecule has 0 unspecified atom stereocenters. The molecule has 0 saturated carbocycles. The van der Waals surface area contributed by atoms with Crippen LogP contribution in [0.15, 0.2) is 18.2 Å². The molecule has 0 aliphatic heterocycles. The van der Waals surface area contributed by atoms with Crippen LogP contribution in [-0.4, -0.2) is 6.04 Å². The molecular weight excluding hydrogens is 150 g/mol. The van der Waals surface area contributed by atoms with Crippen LogP contribution in [0.2, 0.25) is 0 Å². The Bertz CT molecular complexity index is 268. The zero-order chi connectivity index (χ0) is 9.14. The molecule has 0 radical (unpaired) electrons. The fourth-order valence-electron chi connectivity index (χ4n) is 1.16. The molecule has 0 heterocycles. The summed E-state index contributed by atoms with van der Waals surface area (Å²) in [7, 11) is 0. The minimum Gasteiger partial charge on any atom is -0.397 e. The molecule has 12 heavy (non-hydrogen) atoms. The van der Waals surface area contributed by atoms with Crippen molar-refractivity contribution in [2.45, 2.75) is 19.4 Å². The third-order valence-electron chi connectivity index (χ3n) is 1.77. The molecule has 0 spiro atoms. The number of anilines is 2. The van der Waals surface area contributed by atoms with Gasteiger partial charge in [0.1, 0.15) is 0 Å². The second-order valence-corrected chi connectivity index (χ2v) is 3.10. The lowest BCUT2D eigenvalue weighted by atomic mass is 10.0. The molecule has 0 aliphatic carbocycles. The maximum absolute atomic E-state index is 5.75.